The predicted octanol–water partition coefficient (Wildman–Crippen LogP) is 1.90. The maximum Gasteiger partial charge on any atom is 0.00818 e. The van der Waals surface area contributed by atoms with Crippen molar-refractivity contribution >= 4 is 11.8 Å². The third-order valence-corrected chi connectivity index (χ3v) is 3.48. The first-order valence-electron chi connectivity index (χ1n) is 3.02. The van der Waals surface area contributed by atoms with E-state index in [1.54, 1.807) is 0 Å². The van der Waals surface area contributed by atoms with Crippen LogP contribution in [0.4, 0.5) is 0 Å². The van der Waals surface area contributed by atoms with E-state index in [1.807, 2.05) is 0 Å². The summed E-state index contributed by atoms with van der Waals surface area (Å²) in [6.45, 7) is 2.34. The van der Waals surface area contributed by atoms with Gasteiger partial charge in [-0.15, -0.1) is 0 Å². The molecule has 3 atom stereocenters. The van der Waals surface area contributed by atoms with Crippen molar-refractivity contribution in [2.24, 2.45) is 5.92 Å². The summed E-state index contributed by atoms with van der Waals surface area (Å²) in [4.78, 5) is 0. The number of hydrogen-bond acceptors (Lipinski definition) is 1. The predicted molar refractivity (Wildman–Crippen MR) is 33.6 cm³/mol. The van der Waals surface area contributed by atoms with Gasteiger partial charge in [0.25, 0.3) is 0 Å². The molecule has 0 aromatic heterocycles. The van der Waals surface area contributed by atoms with Gasteiger partial charge in [0.15, 0.2) is 0 Å². The Morgan fingerprint density at radius 3 is 2.57 bits per heavy atom. The molecule has 1 heterocycles. The third kappa shape index (κ3) is 0.584. The van der Waals surface area contributed by atoms with Crippen LogP contribution < -0.4 is 0 Å². The van der Waals surface area contributed by atoms with Gasteiger partial charge in [-0.05, 0) is 18.8 Å². The lowest BCUT2D eigenvalue weighted by molar-refractivity contribution is 0.749. The van der Waals surface area contributed by atoms with Gasteiger partial charge in [0, 0.05) is 10.5 Å². The van der Waals surface area contributed by atoms with Gasteiger partial charge in [-0.25, -0.2) is 0 Å². The highest BCUT2D eigenvalue weighted by Gasteiger charge is 2.44. The van der Waals surface area contributed by atoms with Crippen LogP contribution in [0.5, 0.6) is 0 Å². The summed E-state index contributed by atoms with van der Waals surface area (Å²) in [7, 11) is 0. The van der Waals surface area contributed by atoms with Crippen LogP contribution >= 0.6 is 11.8 Å². The lowest BCUT2D eigenvalue weighted by Crippen LogP contribution is -1.88. The summed E-state index contributed by atoms with van der Waals surface area (Å²) in [6.07, 6.45) is 3.05. The topological polar surface area (TPSA) is 0 Å². The molecule has 2 unspecified atom stereocenters. The van der Waals surface area contributed by atoms with Crippen molar-refractivity contribution in [1.82, 2.24) is 0 Å². The number of hydrogen-bond donors (Lipinski definition) is 0. The van der Waals surface area contributed by atoms with E-state index >= 15 is 0 Å². The maximum atomic E-state index is 2.34. The van der Waals surface area contributed by atoms with E-state index in [2.05, 4.69) is 18.7 Å². The first-order valence-corrected chi connectivity index (χ1v) is 3.96. The summed E-state index contributed by atoms with van der Waals surface area (Å²) < 4.78 is 0. The van der Waals surface area contributed by atoms with Gasteiger partial charge in [0.2, 0.25) is 0 Å². The highest BCUT2D eigenvalue weighted by Crippen LogP contribution is 2.54. The molecule has 1 saturated heterocycles. The van der Waals surface area contributed by atoms with Gasteiger partial charge in [-0.3, -0.25) is 0 Å². The Morgan fingerprint density at radius 2 is 2.29 bits per heavy atom. The molecule has 0 aromatic carbocycles. The molecular weight excluding hydrogens is 104 g/mol. The molecule has 2 aliphatic rings. The van der Waals surface area contributed by atoms with Gasteiger partial charge in [-0.2, -0.15) is 11.8 Å². The Kier molecular flexibility index (Phi) is 0.724. The zero-order valence-electron chi connectivity index (χ0n) is 4.55. The average molecular weight is 114 g/mol. The molecule has 0 nitrogen and oxygen atoms in total. The molecule has 0 bridgehead atoms. The molecule has 0 radical (unpaired) electrons. The molecule has 1 saturated carbocycles. The van der Waals surface area contributed by atoms with Crippen molar-refractivity contribution in [2.75, 3.05) is 0 Å². The summed E-state index contributed by atoms with van der Waals surface area (Å²) in [5.74, 6) is 1.15. The van der Waals surface area contributed by atoms with Gasteiger partial charge in [-0.1, -0.05) is 6.92 Å². The van der Waals surface area contributed by atoms with E-state index in [1.165, 1.54) is 12.8 Å². The highest BCUT2D eigenvalue weighted by molar-refractivity contribution is 8.01. The molecule has 2 fully saturated rings. The zero-order valence-corrected chi connectivity index (χ0v) is 5.37. The number of thioether (sulfide) groups is 1. The standard InChI is InChI=1S/C6H10S/c1-4-2-5-3-6(5)7-4/h4-6H,2-3H2,1H3/t4?,5-,6?/m1/s1. The Morgan fingerprint density at radius 1 is 1.43 bits per heavy atom. The second-order valence-corrected chi connectivity index (χ2v) is 4.40. The fourth-order valence-corrected chi connectivity index (χ4v) is 3.06. The van der Waals surface area contributed by atoms with Crippen LogP contribution in [0, 0.1) is 5.92 Å². The van der Waals surface area contributed by atoms with Crippen LogP contribution in [0.15, 0.2) is 0 Å². The van der Waals surface area contributed by atoms with Crippen molar-refractivity contribution in [3.63, 3.8) is 0 Å². The Labute approximate surface area is 48.7 Å². The maximum absolute atomic E-state index is 2.34. The number of rotatable bonds is 0. The fraction of sp³-hybridized carbons (Fsp3) is 1.00. The van der Waals surface area contributed by atoms with Gasteiger partial charge in [0.1, 0.15) is 0 Å². The van der Waals surface area contributed by atoms with E-state index in [9.17, 15) is 0 Å². The van der Waals surface area contributed by atoms with E-state index in [4.69, 9.17) is 0 Å². The smallest absolute Gasteiger partial charge is 0.00818 e. The second kappa shape index (κ2) is 1.19. The molecule has 0 N–H and O–H groups in total. The Balaban J connectivity index is 2.02. The molecule has 0 amide bonds. The van der Waals surface area contributed by atoms with E-state index < -0.39 is 0 Å². The molecule has 0 spiro atoms. The van der Waals surface area contributed by atoms with Crippen molar-refractivity contribution in [3.05, 3.63) is 0 Å². The minimum atomic E-state index is 0.990. The lowest BCUT2D eigenvalue weighted by atomic mass is 10.2. The first-order chi connectivity index (χ1) is 3.36. The molecule has 1 aliphatic carbocycles. The SMILES string of the molecule is CC1C[C@@H]2CC2S1. The summed E-state index contributed by atoms with van der Waals surface area (Å²) in [5, 5.41) is 2.10. The van der Waals surface area contributed by atoms with Crippen molar-refractivity contribution in [3.8, 4) is 0 Å². The molecule has 1 aliphatic heterocycles. The fourth-order valence-electron chi connectivity index (χ4n) is 1.41. The van der Waals surface area contributed by atoms with Crippen molar-refractivity contribution in [2.45, 2.75) is 30.3 Å². The van der Waals surface area contributed by atoms with Crippen LogP contribution in [0.1, 0.15) is 19.8 Å². The lowest BCUT2D eigenvalue weighted by Gasteiger charge is -1.98. The van der Waals surface area contributed by atoms with Crippen LogP contribution in [-0.2, 0) is 0 Å². The highest BCUT2D eigenvalue weighted by atomic mass is 32.2. The van der Waals surface area contributed by atoms with Gasteiger partial charge >= 0.3 is 0 Å². The Hall–Kier alpha value is 0.350. The van der Waals surface area contributed by atoms with Crippen LogP contribution in [0.3, 0.4) is 0 Å². The molecule has 1 heteroatoms. The van der Waals surface area contributed by atoms with Gasteiger partial charge < -0.3 is 0 Å². The van der Waals surface area contributed by atoms with Crippen LogP contribution in [0.25, 0.3) is 0 Å². The largest absolute Gasteiger partial charge is 0.155 e. The van der Waals surface area contributed by atoms with Crippen molar-refractivity contribution in [1.29, 1.82) is 0 Å². The van der Waals surface area contributed by atoms with E-state index in [-0.39, 0.29) is 0 Å². The molecule has 0 aromatic rings. The number of fused-ring (bicyclic) bond motifs is 1. The van der Waals surface area contributed by atoms with Crippen LogP contribution in [0.2, 0.25) is 0 Å². The summed E-state index contributed by atoms with van der Waals surface area (Å²) in [6, 6.07) is 0. The average Bonchev–Trinajstić information content (AvgIpc) is 2.15. The summed E-state index contributed by atoms with van der Waals surface area (Å²) in [5.41, 5.74) is 0. The minimum Gasteiger partial charge on any atom is -0.155 e. The first kappa shape index (κ1) is 4.25. The molecule has 7 heavy (non-hydrogen) atoms. The molecular formula is C6H10S. The van der Waals surface area contributed by atoms with Crippen molar-refractivity contribution < 1.29 is 0 Å². The minimum absolute atomic E-state index is 0.990. The second-order valence-electron chi connectivity index (χ2n) is 2.72. The molecule has 40 valence electrons. The summed E-state index contributed by atoms with van der Waals surface area (Å²) >= 11 is 2.19. The molecule has 2 rings (SSSR count). The van der Waals surface area contributed by atoms with Crippen LogP contribution in [-0.4, -0.2) is 10.5 Å². The normalized spacial score (nSPS) is 57.0. The van der Waals surface area contributed by atoms with Gasteiger partial charge in [0.05, 0.1) is 0 Å². The zero-order chi connectivity index (χ0) is 4.85. The monoisotopic (exact) mass is 114 g/mol. The van der Waals surface area contributed by atoms with E-state index in [0.717, 1.165) is 16.4 Å². The van der Waals surface area contributed by atoms with E-state index in [0.29, 0.717) is 0 Å². The third-order valence-electron chi connectivity index (χ3n) is 1.90. The Bertz CT molecular complexity index is 80.2. The quantitative estimate of drug-likeness (QED) is 0.463.